The summed E-state index contributed by atoms with van der Waals surface area (Å²) in [6.07, 6.45) is 9.18. The van der Waals surface area contributed by atoms with Gasteiger partial charge >= 0.3 is 12.1 Å². The molecule has 7 nitrogen and oxygen atoms in total. The van der Waals surface area contributed by atoms with Crippen molar-refractivity contribution in [1.82, 2.24) is 10.2 Å². The Morgan fingerprint density at radius 3 is 2.61 bits per heavy atom. The second kappa shape index (κ2) is 13.2. The largest absolute Gasteiger partial charge is 0.480 e. The van der Waals surface area contributed by atoms with Gasteiger partial charge in [-0.15, -0.1) is 0 Å². The molecule has 2 aromatic rings. The Morgan fingerprint density at radius 1 is 1.13 bits per heavy atom. The third-order valence-corrected chi connectivity index (χ3v) is 8.38. The summed E-state index contributed by atoms with van der Waals surface area (Å²) in [5.74, 6) is -0.195. The maximum atomic E-state index is 13.3. The van der Waals surface area contributed by atoms with E-state index in [1.165, 1.54) is 32.1 Å². The van der Waals surface area contributed by atoms with E-state index in [0.717, 1.165) is 28.7 Å². The highest BCUT2D eigenvalue weighted by molar-refractivity contribution is 7.98. The number of benzene rings is 2. The molecule has 0 aromatic heterocycles. The van der Waals surface area contributed by atoms with Crippen molar-refractivity contribution in [1.29, 1.82) is 0 Å². The molecule has 2 aliphatic rings. The molecule has 4 rings (SSSR count). The molecule has 0 unspecified atom stereocenters. The highest BCUT2D eigenvalue weighted by Gasteiger charge is 2.35. The fraction of sp³-hybridized carbons (Fsp3) is 0.500. The van der Waals surface area contributed by atoms with Crippen LogP contribution in [0.2, 0.25) is 0 Å². The zero-order valence-corrected chi connectivity index (χ0v) is 23.1. The molecule has 2 fully saturated rings. The third-order valence-electron chi connectivity index (χ3n) is 7.74. The number of nitrogens with zero attached hydrogens (tertiary/aromatic N) is 1. The zero-order chi connectivity index (χ0) is 27.1. The number of hydrogen-bond acceptors (Lipinski definition) is 5. The summed E-state index contributed by atoms with van der Waals surface area (Å²) in [6.45, 7) is 2.82. The Bertz CT molecular complexity index is 1150. The van der Waals surface area contributed by atoms with Crippen LogP contribution >= 0.6 is 11.8 Å². The molecule has 0 spiro atoms. The molecule has 38 heavy (non-hydrogen) atoms. The van der Waals surface area contributed by atoms with E-state index in [1.807, 2.05) is 54.5 Å². The maximum Gasteiger partial charge on any atom is 0.410 e. The van der Waals surface area contributed by atoms with E-state index in [4.69, 9.17) is 4.74 Å². The van der Waals surface area contributed by atoms with Crippen LogP contribution in [0, 0.1) is 12.8 Å². The number of cyclic esters (lactones) is 1. The van der Waals surface area contributed by atoms with Crippen LogP contribution in [-0.4, -0.2) is 58.7 Å². The number of carboxylic acids is 1. The minimum atomic E-state index is -1.04. The number of nitrogens with one attached hydrogen (secondary N) is 1. The Kier molecular flexibility index (Phi) is 9.72. The van der Waals surface area contributed by atoms with Gasteiger partial charge in [-0.1, -0.05) is 62.4 Å². The lowest BCUT2D eigenvalue weighted by atomic mass is 9.84. The Labute approximate surface area is 229 Å². The van der Waals surface area contributed by atoms with Gasteiger partial charge in [0.05, 0.1) is 6.04 Å². The summed E-state index contributed by atoms with van der Waals surface area (Å²) in [5.41, 5.74) is 3.96. The average Bonchev–Trinajstić information content (AvgIpc) is 3.25. The molecular formula is C30H38N2O5S. The molecular weight excluding hydrogens is 500 g/mol. The number of aryl methyl sites for hydroxylation is 1. The summed E-state index contributed by atoms with van der Waals surface area (Å²) in [6, 6.07) is 12.5. The van der Waals surface area contributed by atoms with E-state index in [2.05, 4.69) is 5.32 Å². The van der Waals surface area contributed by atoms with Crippen LogP contribution in [0.3, 0.4) is 0 Å². The first kappa shape index (κ1) is 28.0. The van der Waals surface area contributed by atoms with Gasteiger partial charge in [-0.3, -0.25) is 9.69 Å². The van der Waals surface area contributed by atoms with Crippen LogP contribution in [0.1, 0.15) is 66.4 Å². The Hall–Kier alpha value is -3.00. The van der Waals surface area contributed by atoms with Crippen molar-refractivity contribution in [3.05, 3.63) is 59.2 Å². The first-order valence-corrected chi connectivity index (χ1v) is 14.9. The number of carboxylic acid groups (broad SMARTS) is 1. The van der Waals surface area contributed by atoms with Crippen molar-refractivity contribution in [3.8, 4) is 11.1 Å². The van der Waals surface area contributed by atoms with Crippen LogP contribution < -0.4 is 5.32 Å². The smallest absolute Gasteiger partial charge is 0.410 e. The monoisotopic (exact) mass is 538 g/mol. The summed E-state index contributed by atoms with van der Waals surface area (Å²) < 4.78 is 5.45. The highest BCUT2D eigenvalue weighted by atomic mass is 32.2. The number of aliphatic carboxylic acids is 1. The van der Waals surface area contributed by atoms with Crippen molar-refractivity contribution < 1.29 is 24.2 Å². The molecule has 0 bridgehead atoms. The number of thioether (sulfide) groups is 1. The number of ether oxygens (including phenoxy) is 1. The molecule has 1 aliphatic carbocycles. The SMILES string of the molecule is CSCC[C@H](NC(=O)c1ccc(CN2C(=O)OC[C@@H]2CC2CCCCC2)cc1-c1ccccc1C)C(=O)O. The van der Waals surface area contributed by atoms with Gasteiger partial charge < -0.3 is 15.2 Å². The second-order valence-electron chi connectivity index (χ2n) is 10.4. The molecule has 2 atom stereocenters. The Balaban J connectivity index is 1.60. The Morgan fingerprint density at radius 2 is 1.89 bits per heavy atom. The first-order chi connectivity index (χ1) is 18.4. The van der Waals surface area contributed by atoms with Crippen molar-refractivity contribution >= 4 is 29.7 Å². The number of hydrogen-bond donors (Lipinski definition) is 2. The molecule has 2 aromatic carbocycles. The summed E-state index contributed by atoms with van der Waals surface area (Å²) in [4.78, 5) is 39.6. The predicted molar refractivity (Wildman–Crippen MR) is 150 cm³/mol. The van der Waals surface area contributed by atoms with Crippen molar-refractivity contribution in [3.63, 3.8) is 0 Å². The van der Waals surface area contributed by atoms with Crippen LogP contribution in [0.25, 0.3) is 11.1 Å². The summed E-state index contributed by atoms with van der Waals surface area (Å²) in [7, 11) is 0. The highest BCUT2D eigenvalue weighted by Crippen LogP contribution is 2.33. The standard InChI is InChI=1S/C30H38N2O5S/c1-20-8-6-7-11-24(20)26-17-22(12-13-25(26)28(33)31-27(29(34)35)14-15-38-2)18-32-23(19-37-30(32)36)16-21-9-4-3-5-10-21/h6-8,11-13,17,21,23,27H,3-5,9-10,14-16,18-19H2,1-2H3,(H,31,33)(H,34,35)/t23-,27-/m0/s1. The number of rotatable bonds is 11. The topological polar surface area (TPSA) is 95.9 Å². The van der Waals surface area contributed by atoms with E-state index in [9.17, 15) is 19.5 Å². The van der Waals surface area contributed by atoms with E-state index in [0.29, 0.717) is 36.8 Å². The fourth-order valence-electron chi connectivity index (χ4n) is 5.60. The van der Waals surface area contributed by atoms with Gasteiger partial charge in [0.25, 0.3) is 5.91 Å². The number of carbonyl (C=O) groups excluding carboxylic acids is 2. The van der Waals surface area contributed by atoms with E-state index >= 15 is 0 Å². The molecule has 2 N–H and O–H groups in total. The zero-order valence-electron chi connectivity index (χ0n) is 22.3. The molecule has 204 valence electrons. The van der Waals surface area contributed by atoms with Crippen molar-refractivity contribution in [2.24, 2.45) is 5.92 Å². The van der Waals surface area contributed by atoms with Gasteiger partial charge in [-0.25, -0.2) is 9.59 Å². The average molecular weight is 539 g/mol. The van der Waals surface area contributed by atoms with Crippen LogP contribution in [0.15, 0.2) is 42.5 Å². The minimum absolute atomic E-state index is 0.0586. The van der Waals surface area contributed by atoms with Crippen LogP contribution in [-0.2, 0) is 16.1 Å². The first-order valence-electron chi connectivity index (χ1n) is 13.5. The molecule has 2 amide bonds. The van der Waals surface area contributed by atoms with Gasteiger partial charge in [-0.05, 0) is 72.1 Å². The lowest BCUT2D eigenvalue weighted by Crippen LogP contribution is -2.41. The van der Waals surface area contributed by atoms with Gasteiger partial charge in [0.2, 0.25) is 0 Å². The lowest BCUT2D eigenvalue weighted by Gasteiger charge is -2.28. The van der Waals surface area contributed by atoms with E-state index < -0.39 is 17.9 Å². The molecule has 1 saturated heterocycles. The van der Waals surface area contributed by atoms with E-state index in [-0.39, 0.29) is 12.1 Å². The predicted octanol–water partition coefficient (Wildman–Crippen LogP) is 5.89. The summed E-state index contributed by atoms with van der Waals surface area (Å²) >= 11 is 1.54. The van der Waals surface area contributed by atoms with Crippen molar-refractivity contribution in [2.75, 3.05) is 18.6 Å². The minimum Gasteiger partial charge on any atom is -0.480 e. The van der Waals surface area contributed by atoms with Gasteiger partial charge in [0, 0.05) is 12.1 Å². The third kappa shape index (κ3) is 6.90. The van der Waals surface area contributed by atoms with E-state index in [1.54, 1.807) is 17.8 Å². The maximum absolute atomic E-state index is 13.3. The van der Waals surface area contributed by atoms with Crippen LogP contribution in [0.5, 0.6) is 0 Å². The molecule has 1 aliphatic heterocycles. The number of carbonyl (C=O) groups is 3. The lowest BCUT2D eigenvalue weighted by molar-refractivity contribution is -0.139. The van der Waals surface area contributed by atoms with Gasteiger partial charge in [0.15, 0.2) is 0 Å². The normalized spacial score (nSPS) is 18.7. The molecule has 8 heteroatoms. The summed E-state index contributed by atoms with van der Waals surface area (Å²) in [5, 5.41) is 12.3. The second-order valence-corrected chi connectivity index (χ2v) is 11.4. The quantitative estimate of drug-likeness (QED) is 0.370. The number of amides is 2. The molecule has 0 radical (unpaired) electrons. The van der Waals surface area contributed by atoms with Gasteiger partial charge in [0.1, 0.15) is 12.6 Å². The molecule has 1 heterocycles. The molecule has 1 saturated carbocycles. The van der Waals surface area contributed by atoms with Crippen LogP contribution in [0.4, 0.5) is 4.79 Å². The van der Waals surface area contributed by atoms with Gasteiger partial charge in [-0.2, -0.15) is 11.8 Å². The fourth-order valence-corrected chi connectivity index (χ4v) is 6.07. The van der Waals surface area contributed by atoms with Crippen molar-refractivity contribution in [2.45, 2.75) is 70.5 Å².